The van der Waals surface area contributed by atoms with Gasteiger partial charge in [0.15, 0.2) is 17.5 Å². The van der Waals surface area contributed by atoms with Gasteiger partial charge in [0.1, 0.15) is 11.2 Å². The Morgan fingerprint density at radius 2 is 1.11 bits per heavy atom. The van der Waals surface area contributed by atoms with Gasteiger partial charge in [-0.15, -0.1) is 11.3 Å². The van der Waals surface area contributed by atoms with Gasteiger partial charge in [0, 0.05) is 53.1 Å². The summed E-state index contributed by atoms with van der Waals surface area (Å²) in [5, 5.41) is 4.74. The number of furan rings is 1. The average molecular weight is 698 g/mol. The number of aromatic nitrogens is 3. The van der Waals surface area contributed by atoms with E-state index in [9.17, 15) is 0 Å². The lowest BCUT2D eigenvalue weighted by atomic mass is 9.82. The summed E-state index contributed by atoms with van der Waals surface area (Å²) in [5.41, 5.74) is 12.0. The Kier molecular flexibility index (Phi) is 6.43. The molecule has 4 nitrogen and oxygen atoms in total. The molecule has 250 valence electrons. The van der Waals surface area contributed by atoms with Crippen molar-refractivity contribution in [2.45, 2.75) is 19.3 Å². The molecule has 0 N–H and O–H groups in total. The molecule has 10 aromatic rings. The van der Waals surface area contributed by atoms with Gasteiger partial charge >= 0.3 is 0 Å². The maximum absolute atomic E-state index is 6.35. The number of nitrogens with zero attached hydrogens (tertiary/aromatic N) is 3. The molecule has 5 heteroatoms. The summed E-state index contributed by atoms with van der Waals surface area (Å²) in [4.78, 5) is 15.4. The Balaban J connectivity index is 1.08. The fourth-order valence-electron chi connectivity index (χ4n) is 8.38. The molecule has 3 heterocycles. The second-order valence-corrected chi connectivity index (χ2v) is 15.5. The lowest BCUT2D eigenvalue weighted by Crippen LogP contribution is -2.14. The molecule has 0 fully saturated rings. The van der Waals surface area contributed by atoms with Crippen molar-refractivity contribution in [1.82, 2.24) is 15.0 Å². The molecule has 0 atom stereocenters. The van der Waals surface area contributed by atoms with Gasteiger partial charge in [-0.3, -0.25) is 0 Å². The van der Waals surface area contributed by atoms with Crippen LogP contribution in [-0.4, -0.2) is 15.0 Å². The van der Waals surface area contributed by atoms with E-state index >= 15 is 0 Å². The van der Waals surface area contributed by atoms with Gasteiger partial charge in [0.2, 0.25) is 0 Å². The number of para-hydroxylation sites is 1. The maximum Gasteiger partial charge on any atom is 0.164 e. The van der Waals surface area contributed by atoms with Gasteiger partial charge in [-0.1, -0.05) is 129 Å². The third-order valence-electron chi connectivity index (χ3n) is 10.9. The van der Waals surface area contributed by atoms with E-state index in [4.69, 9.17) is 19.4 Å². The molecule has 0 aliphatic heterocycles. The van der Waals surface area contributed by atoms with Crippen molar-refractivity contribution in [3.05, 3.63) is 163 Å². The molecule has 0 bridgehead atoms. The van der Waals surface area contributed by atoms with E-state index in [1.54, 1.807) is 11.3 Å². The predicted octanol–water partition coefficient (Wildman–Crippen LogP) is 13.1. The number of rotatable bonds is 4. The van der Waals surface area contributed by atoms with E-state index in [1.165, 1.54) is 47.8 Å². The van der Waals surface area contributed by atoms with E-state index in [-0.39, 0.29) is 5.41 Å². The van der Waals surface area contributed by atoms with E-state index in [2.05, 4.69) is 141 Å². The summed E-state index contributed by atoms with van der Waals surface area (Å²) in [6, 6.07) is 53.5. The fraction of sp³-hybridized carbons (Fsp3) is 0.0625. The lowest BCUT2D eigenvalue weighted by molar-refractivity contribution is 0.656. The van der Waals surface area contributed by atoms with Crippen molar-refractivity contribution >= 4 is 53.4 Å². The first-order valence-corrected chi connectivity index (χ1v) is 18.8. The third-order valence-corrected chi connectivity index (χ3v) is 12.1. The van der Waals surface area contributed by atoms with Crippen LogP contribution in [0.5, 0.6) is 0 Å². The van der Waals surface area contributed by atoms with Crippen molar-refractivity contribution in [2.75, 3.05) is 0 Å². The first kappa shape index (κ1) is 30.2. The molecule has 0 unspecified atom stereocenters. The Morgan fingerprint density at radius 3 is 2.00 bits per heavy atom. The highest BCUT2D eigenvalue weighted by Gasteiger charge is 2.37. The van der Waals surface area contributed by atoms with Crippen LogP contribution >= 0.6 is 11.3 Å². The van der Waals surface area contributed by atoms with Crippen molar-refractivity contribution in [2.24, 2.45) is 0 Å². The molecule has 0 saturated carbocycles. The van der Waals surface area contributed by atoms with Gasteiger partial charge in [0.05, 0.1) is 0 Å². The van der Waals surface area contributed by atoms with Crippen LogP contribution in [0.3, 0.4) is 0 Å². The Morgan fingerprint density at radius 1 is 0.453 bits per heavy atom. The monoisotopic (exact) mass is 697 g/mol. The first-order valence-electron chi connectivity index (χ1n) is 17.9. The smallest absolute Gasteiger partial charge is 0.164 e. The third kappa shape index (κ3) is 4.57. The molecule has 0 radical (unpaired) electrons. The van der Waals surface area contributed by atoms with Gasteiger partial charge in [-0.2, -0.15) is 0 Å². The second kappa shape index (κ2) is 11.3. The largest absolute Gasteiger partial charge is 0.456 e. The normalized spacial score (nSPS) is 13.2. The molecule has 53 heavy (non-hydrogen) atoms. The zero-order chi connectivity index (χ0) is 35.3. The van der Waals surface area contributed by atoms with E-state index in [1.807, 2.05) is 24.3 Å². The quantitative estimate of drug-likeness (QED) is 0.184. The van der Waals surface area contributed by atoms with Crippen LogP contribution in [-0.2, 0) is 5.41 Å². The zero-order valence-corrected chi connectivity index (χ0v) is 29.9. The molecular weight excluding hydrogens is 667 g/mol. The van der Waals surface area contributed by atoms with Crippen LogP contribution in [0.15, 0.2) is 156 Å². The molecule has 11 rings (SSSR count). The zero-order valence-electron chi connectivity index (χ0n) is 29.1. The summed E-state index contributed by atoms with van der Waals surface area (Å²) in [6.45, 7) is 4.66. The standard InChI is InChI=1S/C48H31N3OS/c1-48(2)36-23-22-30(27-35(36)43-37(48)24-25-39-44(43)32-16-6-8-19-38(32)52-39)29-14-10-15-31(26-29)46-49-45(28-12-4-3-5-13-28)50-47(51-46)34-18-11-21-41-42(34)33-17-7-9-20-40(33)53-41/h3-27H,1-2H3. The number of benzene rings is 7. The highest BCUT2D eigenvalue weighted by Crippen LogP contribution is 2.53. The highest BCUT2D eigenvalue weighted by atomic mass is 32.1. The Hall–Kier alpha value is -6.43. The van der Waals surface area contributed by atoms with Crippen LogP contribution in [0.2, 0.25) is 0 Å². The second-order valence-electron chi connectivity index (χ2n) is 14.4. The van der Waals surface area contributed by atoms with Crippen molar-refractivity contribution in [1.29, 1.82) is 0 Å². The Bertz CT molecular complexity index is 3100. The van der Waals surface area contributed by atoms with Gasteiger partial charge in [0.25, 0.3) is 0 Å². The minimum absolute atomic E-state index is 0.136. The van der Waals surface area contributed by atoms with Crippen molar-refractivity contribution in [3.63, 3.8) is 0 Å². The summed E-state index contributed by atoms with van der Waals surface area (Å²) in [5.74, 6) is 1.97. The van der Waals surface area contributed by atoms with E-state index in [0.717, 1.165) is 44.4 Å². The molecule has 1 aliphatic carbocycles. The van der Waals surface area contributed by atoms with Gasteiger partial charge in [-0.05, 0) is 69.8 Å². The molecule has 7 aromatic carbocycles. The van der Waals surface area contributed by atoms with Crippen LogP contribution in [0.1, 0.15) is 25.0 Å². The number of fused-ring (bicyclic) bond motifs is 10. The summed E-state index contributed by atoms with van der Waals surface area (Å²) < 4.78 is 8.82. The van der Waals surface area contributed by atoms with Crippen LogP contribution < -0.4 is 0 Å². The lowest BCUT2D eigenvalue weighted by Gasteiger charge is -2.21. The first-order chi connectivity index (χ1) is 26.0. The van der Waals surface area contributed by atoms with Crippen LogP contribution in [0.25, 0.3) is 98.5 Å². The molecule has 0 spiro atoms. The SMILES string of the molecule is CC1(C)c2ccc(-c3cccc(-c4nc(-c5ccccc5)nc(-c5cccc6sc7ccccc7c56)n4)c3)cc2-c2c1ccc1oc3ccccc3c21. The van der Waals surface area contributed by atoms with Crippen LogP contribution in [0.4, 0.5) is 0 Å². The van der Waals surface area contributed by atoms with Crippen molar-refractivity contribution < 1.29 is 4.42 Å². The number of hydrogen-bond acceptors (Lipinski definition) is 5. The van der Waals surface area contributed by atoms with Gasteiger partial charge < -0.3 is 4.42 Å². The molecular formula is C48H31N3OS. The molecule has 3 aromatic heterocycles. The molecule has 0 amide bonds. The number of thiophene rings is 1. The van der Waals surface area contributed by atoms with Crippen molar-refractivity contribution in [3.8, 4) is 56.4 Å². The summed E-state index contributed by atoms with van der Waals surface area (Å²) >= 11 is 1.80. The minimum Gasteiger partial charge on any atom is -0.456 e. The Labute approximate surface area is 310 Å². The molecule has 0 saturated heterocycles. The average Bonchev–Trinajstić information content (AvgIpc) is 3.85. The minimum atomic E-state index is -0.136. The van der Waals surface area contributed by atoms with Crippen LogP contribution in [0, 0.1) is 0 Å². The molecule has 1 aliphatic rings. The summed E-state index contributed by atoms with van der Waals surface area (Å²) in [6.07, 6.45) is 0. The van der Waals surface area contributed by atoms with E-state index in [0.29, 0.717) is 17.5 Å². The predicted molar refractivity (Wildman–Crippen MR) is 219 cm³/mol. The highest BCUT2D eigenvalue weighted by molar-refractivity contribution is 7.25. The fourth-order valence-corrected chi connectivity index (χ4v) is 9.51. The summed E-state index contributed by atoms with van der Waals surface area (Å²) in [7, 11) is 0. The van der Waals surface area contributed by atoms with Gasteiger partial charge in [-0.25, -0.2) is 15.0 Å². The van der Waals surface area contributed by atoms with E-state index < -0.39 is 0 Å². The maximum atomic E-state index is 6.35. The number of hydrogen-bond donors (Lipinski definition) is 0. The topological polar surface area (TPSA) is 51.8 Å².